The Labute approximate surface area is 137 Å². The lowest BCUT2D eigenvalue weighted by atomic mass is 10.3. The van der Waals surface area contributed by atoms with Crippen LogP contribution < -0.4 is 10.0 Å². The van der Waals surface area contributed by atoms with Gasteiger partial charge in [-0.2, -0.15) is 0 Å². The highest BCUT2D eigenvalue weighted by Gasteiger charge is 2.23. The molecule has 2 rings (SSSR count). The Morgan fingerprint density at radius 1 is 1.33 bits per heavy atom. The molecule has 2 aromatic rings. The Morgan fingerprint density at radius 3 is 2.67 bits per heavy atom. The summed E-state index contributed by atoms with van der Waals surface area (Å²) in [6.07, 6.45) is 1.57. The molecule has 2 N–H and O–H groups in total. The van der Waals surface area contributed by atoms with Gasteiger partial charge >= 0.3 is 0 Å². The molecule has 5 nitrogen and oxygen atoms in total. The molecule has 0 aliphatic rings. The first-order valence-corrected chi connectivity index (χ1v) is 9.37. The van der Waals surface area contributed by atoms with Crippen molar-refractivity contribution in [2.75, 3.05) is 11.8 Å². The maximum atomic E-state index is 12.6. The molecule has 0 atom stereocenters. The second-order valence-corrected chi connectivity index (χ2v) is 8.13. The molecule has 0 aliphatic carbocycles. The molecule has 2 heterocycles. The van der Waals surface area contributed by atoms with Gasteiger partial charge in [-0.1, -0.05) is 0 Å². The predicted molar refractivity (Wildman–Crippen MR) is 89.3 cm³/mol. The SMILES string of the molecule is CNCc1scc(C)c1S(=O)(=O)Nc1ncc(Br)cc1C. The monoisotopic (exact) mass is 389 g/mol. The first-order valence-electron chi connectivity index (χ1n) is 6.21. The Kier molecular flexibility index (Phi) is 5.03. The van der Waals surface area contributed by atoms with E-state index in [4.69, 9.17) is 0 Å². The molecular formula is C13H16BrN3O2S2. The van der Waals surface area contributed by atoms with Crippen LogP contribution in [0, 0.1) is 13.8 Å². The number of nitrogens with one attached hydrogen (secondary N) is 2. The third kappa shape index (κ3) is 3.63. The summed E-state index contributed by atoms with van der Waals surface area (Å²) < 4.78 is 28.7. The minimum absolute atomic E-state index is 0.339. The van der Waals surface area contributed by atoms with Gasteiger partial charge in [-0.05, 0) is 59.4 Å². The normalized spacial score (nSPS) is 11.6. The van der Waals surface area contributed by atoms with Gasteiger partial charge in [-0.3, -0.25) is 4.72 Å². The third-order valence-electron chi connectivity index (χ3n) is 2.87. The maximum Gasteiger partial charge on any atom is 0.264 e. The van der Waals surface area contributed by atoms with E-state index in [1.54, 1.807) is 20.2 Å². The van der Waals surface area contributed by atoms with Crippen molar-refractivity contribution in [3.05, 3.63) is 38.1 Å². The van der Waals surface area contributed by atoms with Gasteiger partial charge in [0, 0.05) is 22.1 Å². The zero-order valence-electron chi connectivity index (χ0n) is 11.9. The van der Waals surface area contributed by atoms with Gasteiger partial charge in [0.25, 0.3) is 10.0 Å². The molecule has 0 amide bonds. The largest absolute Gasteiger partial charge is 0.315 e. The highest BCUT2D eigenvalue weighted by atomic mass is 79.9. The van der Waals surface area contributed by atoms with E-state index < -0.39 is 10.0 Å². The molecule has 0 saturated carbocycles. The fourth-order valence-electron chi connectivity index (χ4n) is 1.96. The maximum absolute atomic E-state index is 12.6. The van der Waals surface area contributed by atoms with Gasteiger partial charge in [0.15, 0.2) is 0 Å². The summed E-state index contributed by atoms with van der Waals surface area (Å²) in [6.45, 7) is 4.12. The van der Waals surface area contributed by atoms with Crippen molar-refractivity contribution >= 4 is 43.1 Å². The first-order chi connectivity index (χ1) is 9.85. The highest BCUT2D eigenvalue weighted by molar-refractivity contribution is 9.10. The van der Waals surface area contributed by atoms with Crippen LogP contribution in [-0.4, -0.2) is 20.4 Å². The van der Waals surface area contributed by atoms with Crippen molar-refractivity contribution in [3.63, 3.8) is 0 Å². The first kappa shape index (κ1) is 16.4. The number of halogens is 1. The number of nitrogens with zero attached hydrogens (tertiary/aromatic N) is 1. The van der Waals surface area contributed by atoms with Crippen LogP contribution in [0.5, 0.6) is 0 Å². The molecule has 0 radical (unpaired) electrons. The lowest BCUT2D eigenvalue weighted by molar-refractivity contribution is 0.599. The third-order valence-corrected chi connectivity index (χ3v) is 6.11. The van der Waals surface area contributed by atoms with E-state index >= 15 is 0 Å². The number of anilines is 1. The number of hydrogen-bond donors (Lipinski definition) is 2. The number of hydrogen-bond acceptors (Lipinski definition) is 5. The smallest absolute Gasteiger partial charge is 0.264 e. The fourth-order valence-corrected chi connectivity index (χ4v) is 5.31. The molecule has 0 bridgehead atoms. The number of pyridine rings is 1. The van der Waals surface area contributed by atoms with Gasteiger partial charge < -0.3 is 5.32 Å². The molecule has 2 aromatic heterocycles. The second-order valence-electron chi connectivity index (χ2n) is 4.63. The van der Waals surface area contributed by atoms with Gasteiger partial charge in [0.2, 0.25) is 0 Å². The zero-order valence-corrected chi connectivity index (χ0v) is 15.1. The topological polar surface area (TPSA) is 71.1 Å². The molecule has 0 unspecified atom stereocenters. The van der Waals surface area contributed by atoms with Crippen LogP contribution in [0.2, 0.25) is 0 Å². The van der Waals surface area contributed by atoms with Crippen molar-refractivity contribution in [1.82, 2.24) is 10.3 Å². The van der Waals surface area contributed by atoms with Gasteiger partial charge in [0.1, 0.15) is 10.7 Å². The molecule has 114 valence electrons. The number of rotatable bonds is 5. The van der Waals surface area contributed by atoms with Gasteiger partial charge in [-0.15, -0.1) is 11.3 Å². The highest BCUT2D eigenvalue weighted by Crippen LogP contribution is 2.29. The fraction of sp³-hybridized carbons (Fsp3) is 0.308. The summed E-state index contributed by atoms with van der Waals surface area (Å²) in [5.74, 6) is 0.346. The van der Waals surface area contributed by atoms with Crippen molar-refractivity contribution < 1.29 is 8.42 Å². The van der Waals surface area contributed by atoms with Gasteiger partial charge in [-0.25, -0.2) is 13.4 Å². The number of aromatic nitrogens is 1. The molecule has 0 spiro atoms. The minimum Gasteiger partial charge on any atom is -0.315 e. The summed E-state index contributed by atoms with van der Waals surface area (Å²) >= 11 is 4.75. The van der Waals surface area contributed by atoms with Crippen LogP contribution in [0.4, 0.5) is 5.82 Å². The molecule has 0 saturated heterocycles. The standard InChI is InChI=1S/C13H16BrN3O2S2/c1-8-4-10(14)5-16-13(8)17-21(18,19)12-9(2)7-20-11(12)6-15-3/h4-5,7,15H,6H2,1-3H3,(H,16,17). The Bertz CT molecular complexity index is 757. The lowest BCUT2D eigenvalue weighted by Crippen LogP contribution is -2.18. The summed E-state index contributed by atoms with van der Waals surface area (Å²) in [5.41, 5.74) is 1.50. The molecule has 0 fully saturated rings. The number of thiophene rings is 1. The van der Waals surface area contributed by atoms with E-state index in [1.165, 1.54) is 11.3 Å². The quantitative estimate of drug-likeness (QED) is 0.823. The van der Waals surface area contributed by atoms with E-state index in [1.807, 2.05) is 18.4 Å². The summed E-state index contributed by atoms with van der Waals surface area (Å²) in [4.78, 5) is 5.26. The molecule has 0 aliphatic heterocycles. The predicted octanol–water partition coefficient (Wildman–Crippen LogP) is 3.04. The Hall–Kier alpha value is -0.960. The van der Waals surface area contributed by atoms with E-state index in [0.29, 0.717) is 17.3 Å². The van der Waals surface area contributed by atoms with E-state index in [9.17, 15) is 8.42 Å². The average molecular weight is 390 g/mol. The van der Waals surface area contributed by atoms with E-state index in [0.717, 1.165) is 20.5 Å². The van der Waals surface area contributed by atoms with Crippen molar-refractivity contribution in [2.24, 2.45) is 0 Å². The number of aryl methyl sites for hydroxylation is 2. The van der Waals surface area contributed by atoms with Crippen LogP contribution in [0.3, 0.4) is 0 Å². The number of sulfonamides is 1. The van der Waals surface area contributed by atoms with Crippen LogP contribution in [0.25, 0.3) is 0 Å². The van der Waals surface area contributed by atoms with Crippen LogP contribution in [0.15, 0.2) is 27.0 Å². The van der Waals surface area contributed by atoms with E-state index in [2.05, 4.69) is 31.0 Å². The second kappa shape index (κ2) is 6.43. The molecule has 0 aromatic carbocycles. The lowest BCUT2D eigenvalue weighted by Gasteiger charge is -2.11. The van der Waals surface area contributed by atoms with Crippen LogP contribution in [0.1, 0.15) is 16.0 Å². The Balaban J connectivity index is 2.41. The average Bonchev–Trinajstić information content (AvgIpc) is 2.75. The Morgan fingerprint density at radius 2 is 2.05 bits per heavy atom. The van der Waals surface area contributed by atoms with Crippen molar-refractivity contribution in [3.8, 4) is 0 Å². The molecular weight excluding hydrogens is 374 g/mol. The van der Waals surface area contributed by atoms with Crippen molar-refractivity contribution in [2.45, 2.75) is 25.3 Å². The summed E-state index contributed by atoms with van der Waals surface area (Å²) in [5, 5.41) is 4.84. The summed E-state index contributed by atoms with van der Waals surface area (Å²) in [7, 11) is -1.86. The van der Waals surface area contributed by atoms with Crippen molar-refractivity contribution in [1.29, 1.82) is 0 Å². The van der Waals surface area contributed by atoms with Crippen LogP contribution in [-0.2, 0) is 16.6 Å². The van der Waals surface area contributed by atoms with Crippen LogP contribution >= 0.6 is 27.3 Å². The summed E-state index contributed by atoms with van der Waals surface area (Å²) in [6, 6.07) is 1.82. The van der Waals surface area contributed by atoms with Gasteiger partial charge in [0.05, 0.1) is 0 Å². The molecule has 8 heteroatoms. The minimum atomic E-state index is -3.65. The van der Waals surface area contributed by atoms with E-state index in [-0.39, 0.29) is 0 Å². The molecule has 21 heavy (non-hydrogen) atoms. The zero-order chi connectivity index (χ0) is 15.6.